The van der Waals surface area contributed by atoms with Gasteiger partial charge in [0.1, 0.15) is 11.4 Å². The number of aromatic nitrogens is 3. The molecule has 0 amide bonds. The molecule has 0 radical (unpaired) electrons. The molecular formula is C16H13N3O2. The van der Waals surface area contributed by atoms with E-state index in [4.69, 9.17) is 0 Å². The van der Waals surface area contributed by atoms with E-state index in [0.717, 1.165) is 11.3 Å². The van der Waals surface area contributed by atoms with Gasteiger partial charge in [-0.3, -0.25) is 4.79 Å². The predicted octanol–water partition coefficient (Wildman–Crippen LogP) is 2.84. The molecule has 5 heteroatoms. The minimum absolute atomic E-state index is 0.140. The lowest BCUT2D eigenvalue weighted by atomic mass is 10.1. The topological polar surface area (TPSA) is 68.0 Å². The molecule has 0 fully saturated rings. The second-order valence-electron chi connectivity index (χ2n) is 4.64. The van der Waals surface area contributed by atoms with Gasteiger partial charge in [0.15, 0.2) is 11.5 Å². The first-order chi connectivity index (χ1) is 10.2. The van der Waals surface area contributed by atoms with Crippen LogP contribution in [0.1, 0.15) is 17.4 Å². The van der Waals surface area contributed by atoms with Gasteiger partial charge in [0.05, 0.1) is 5.69 Å². The SMILES string of the molecule is CC(=O)c1nnn(-c2ccc(O)cc2)c1-c1ccccc1. The fourth-order valence-electron chi connectivity index (χ4n) is 2.15. The standard InChI is InChI=1S/C16H13N3O2/c1-11(20)15-16(12-5-3-2-4-6-12)19(18-17-15)13-7-9-14(21)10-8-13/h2-10,21H,1H3. The first-order valence-electron chi connectivity index (χ1n) is 6.48. The highest BCUT2D eigenvalue weighted by atomic mass is 16.3. The zero-order chi connectivity index (χ0) is 14.8. The molecule has 3 rings (SSSR count). The van der Waals surface area contributed by atoms with Crippen molar-refractivity contribution in [2.75, 3.05) is 0 Å². The first kappa shape index (κ1) is 13.1. The van der Waals surface area contributed by atoms with Crippen LogP contribution in [0, 0.1) is 0 Å². The summed E-state index contributed by atoms with van der Waals surface area (Å²) < 4.78 is 1.60. The number of ketones is 1. The number of hydrogen-bond acceptors (Lipinski definition) is 4. The molecular weight excluding hydrogens is 266 g/mol. The lowest BCUT2D eigenvalue weighted by Gasteiger charge is -2.07. The average Bonchev–Trinajstić information content (AvgIpc) is 2.94. The van der Waals surface area contributed by atoms with E-state index in [2.05, 4.69) is 10.3 Å². The van der Waals surface area contributed by atoms with Crippen LogP contribution in [0.2, 0.25) is 0 Å². The molecule has 0 aliphatic carbocycles. The second kappa shape index (κ2) is 5.20. The van der Waals surface area contributed by atoms with E-state index in [1.54, 1.807) is 28.9 Å². The maximum absolute atomic E-state index is 11.8. The molecule has 0 saturated carbocycles. The third kappa shape index (κ3) is 2.41. The number of nitrogens with zero attached hydrogens (tertiary/aromatic N) is 3. The van der Waals surface area contributed by atoms with Crippen molar-refractivity contribution >= 4 is 5.78 Å². The molecule has 104 valence electrons. The monoisotopic (exact) mass is 279 g/mol. The summed E-state index contributed by atoms with van der Waals surface area (Å²) in [6.45, 7) is 1.47. The van der Waals surface area contributed by atoms with E-state index in [9.17, 15) is 9.90 Å². The molecule has 0 atom stereocenters. The Morgan fingerprint density at radius 1 is 1.05 bits per heavy atom. The van der Waals surface area contributed by atoms with Crippen LogP contribution in [0.15, 0.2) is 54.6 Å². The summed E-state index contributed by atoms with van der Waals surface area (Å²) in [5, 5.41) is 17.5. The maximum Gasteiger partial charge on any atom is 0.182 e. The number of phenolic OH excluding ortho intramolecular Hbond substituents is 1. The van der Waals surface area contributed by atoms with E-state index >= 15 is 0 Å². The van der Waals surface area contributed by atoms with Gasteiger partial charge < -0.3 is 5.11 Å². The molecule has 1 aromatic heterocycles. The minimum atomic E-state index is -0.140. The number of carbonyl (C=O) groups excluding carboxylic acids is 1. The smallest absolute Gasteiger partial charge is 0.182 e. The van der Waals surface area contributed by atoms with E-state index in [-0.39, 0.29) is 11.5 Å². The molecule has 21 heavy (non-hydrogen) atoms. The second-order valence-corrected chi connectivity index (χ2v) is 4.64. The number of hydrogen-bond donors (Lipinski definition) is 1. The van der Waals surface area contributed by atoms with Crippen LogP contribution in [0.5, 0.6) is 5.75 Å². The highest BCUT2D eigenvalue weighted by Crippen LogP contribution is 2.26. The van der Waals surface area contributed by atoms with Gasteiger partial charge in [0.25, 0.3) is 0 Å². The molecule has 0 spiro atoms. The van der Waals surface area contributed by atoms with E-state index in [1.165, 1.54) is 6.92 Å². The van der Waals surface area contributed by atoms with Gasteiger partial charge in [0.2, 0.25) is 0 Å². The Hall–Kier alpha value is -2.95. The van der Waals surface area contributed by atoms with Crippen LogP contribution in [0.25, 0.3) is 16.9 Å². The molecule has 0 aliphatic rings. The Morgan fingerprint density at radius 3 is 2.33 bits per heavy atom. The molecule has 0 unspecified atom stereocenters. The fraction of sp³-hybridized carbons (Fsp3) is 0.0625. The van der Waals surface area contributed by atoms with Gasteiger partial charge >= 0.3 is 0 Å². The average molecular weight is 279 g/mol. The van der Waals surface area contributed by atoms with Gasteiger partial charge in [-0.25, -0.2) is 4.68 Å². The van der Waals surface area contributed by atoms with Gasteiger partial charge in [0, 0.05) is 12.5 Å². The quantitative estimate of drug-likeness (QED) is 0.748. The van der Waals surface area contributed by atoms with Crippen LogP contribution in [0.4, 0.5) is 0 Å². The lowest BCUT2D eigenvalue weighted by Crippen LogP contribution is -2.01. The summed E-state index contributed by atoms with van der Waals surface area (Å²) in [6.07, 6.45) is 0. The van der Waals surface area contributed by atoms with Crippen molar-refractivity contribution in [3.8, 4) is 22.7 Å². The van der Waals surface area contributed by atoms with Crippen LogP contribution < -0.4 is 0 Å². The summed E-state index contributed by atoms with van der Waals surface area (Å²) in [4.78, 5) is 11.8. The number of aromatic hydroxyl groups is 1. The van der Waals surface area contributed by atoms with Crippen molar-refractivity contribution in [3.05, 3.63) is 60.3 Å². The zero-order valence-electron chi connectivity index (χ0n) is 11.4. The minimum Gasteiger partial charge on any atom is -0.508 e. The number of phenols is 1. The fourth-order valence-corrected chi connectivity index (χ4v) is 2.15. The van der Waals surface area contributed by atoms with Crippen molar-refractivity contribution < 1.29 is 9.90 Å². The van der Waals surface area contributed by atoms with Crippen LogP contribution in [0.3, 0.4) is 0 Å². The molecule has 0 saturated heterocycles. The Bertz CT molecular complexity index is 777. The van der Waals surface area contributed by atoms with Crippen molar-refractivity contribution in [1.82, 2.24) is 15.0 Å². The predicted molar refractivity (Wildman–Crippen MR) is 78.5 cm³/mol. The van der Waals surface area contributed by atoms with Crippen molar-refractivity contribution in [2.24, 2.45) is 0 Å². The Labute approximate surface area is 121 Å². The van der Waals surface area contributed by atoms with E-state index in [0.29, 0.717) is 11.4 Å². The van der Waals surface area contributed by atoms with Gasteiger partial charge in [-0.2, -0.15) is 0 Å². The molecule has 0 bridgehead atoms. The third-order valence-corrected chi connectivity index (χ3v) is 3.15. The van der Waals surface area contributed by atoms with E-state index in [1.807, 2.05) is 30.3 Å². The lowest BCUT2D eigenvalue weighted by molar-refractivity contribution is 0.101. The molecule has 2 aromatic carbocycles. The highest BCUT2D eigenvalue weighted by Gasteiger charge is 2.19. The number of Topliss-reactive ketones (excluding diaryl/α,β-unsaturated/α-hetero) is 1. The van der Waals surface area contributed by atoms with Crippen molar-refractivity contribution in [3.63, 3.8) is 0 Å². The molecule has 0 aliphatic heterocycles. The van der Waals surface area contributed by atoms with Crippen molar-refractivity contribution in [1.29, 1.82) is 0 Å². The molecule has 3 aromatic rings. The summed E-state index contributed by atoms with van der Waals surface area (Å²) in [5.41, 5.74) is 2.57. The van der Waals surface area contributed by atoms with Crippen LogP contribution >= 0.6 is 0 Å². The molecule has 1 N–H and O–H groups in total. The third-order valence-electron chi connectivity index (χ3n) is 3.15. The van der Waals surface area contributed by atoms with Gasteiger partial charge in [-0.15, -0.1) is 5.10 Å². The number of carbonyl (C=O) groups is 1. The van der Waals surface area contributed by atoms with Gasteiger partial charge in [-0.05, 0) is 24.3 Å². The normalized spacial score (nSPS) is 10.5. The first-order valence-corrected chi connectivity index (χ1v) is 6.48. The number of benzene rings is 2. The largest absolute Gasteiger partial charge is 0.508 e. The molecule has 1 heterocycles. The van der Waals surface area contributed by atoms with Gasteiger partial charge in [-0.1, -0.05) is 35.5 Å². The molecule has 5 nitrogen and oxygen atoms in total. The zero-order valence-corrected chi connectivity index (χ0v) is 11.4. The Kier molecular flexibility index (Phi) is 3.23. The van der Waals surface area contributed by atoms with E-state index < -0.39 is 0 Å². The number of rotatable bonds is 3. The summed E-state index contributed by atoms with van der Waals surface area (Å²) in [7, 11) is 0. The highest BCUT2D eigenvalue weighted by molar-refractivity contribution is 5.98. The van der Waals surface area contributed by atoms with Crippen LogP contribution in [-0.2, 0) is 0 Å². The summed E-state index contributed by atoms with van der Waals surface area (Å²) in [5.74, 6) is 0.0331. The summed E-state index contributed by atoms with van der Waals surface area (Å²) >= 11 is 0. The maximum atomic E-state index is 11.8. The Balaban J connectivity index is 2.22. The Morgan fingerprint density at radius 2 is 1.71 bits per heavy atom. The van der Waals surface area contributed by atoms with Crippen LogP contribution in [-0.4, -0.2) is 25.9 Å². The summed E-state index contributed by atoms with van der Waals surface area (Å²) in [6, 6.07) is 16.1. The van der Waals surface area contributed by atoms with Crippen molar-refractivity contribution in [2.45, 2.75) is 6.92 Å².